The number of benzene rings is 3. The summed E-state index contributed by atoms with van der Waals surface area (Å²) < 4.78 is 5.43. The Labute approximate surface area is 214 Å². The first-order chi connectivity index (χ1) is 17.4. The summed E-state index contributed by atoms with van der Waals surface area (Å²) in [6.07, 6.45) is 1.78. The summed E-state index contributed by atoms with van der Waals surface area (Å²) in [7, 11) is 0. The Kier molecular flexibility index (Phi) is 8.23. The molecule has 0 spiro atoms. The van der Waals surface area contributed by atoms with Gasteiger partial charge >= 0.3 is 5.97 Å². The molecule has 2 amide bonds. The van der Waals surface area contributed by atoms with Crippen molar-refractivity contribution in [1.82, 2.24) is 4.90 Å². The number of nitrogens with one attached hydrogen (secondary N) is 1. The van der Waals surface area contributed by atoms with Crippen molar-refractivity contribution in [3.05, 3.63) is 88.9 Å². The van der Waals surface area contributed by atoms with Gasteiger partial charge in [-0.05, 0) is 73.4 Å². The second-order valence-electron chi connectivity index (χ2n) is 8.73. The number of piperidine rings is 1. The maximum atomic E-state index is 13.0. The minimum absolute atomic E-state index is 0.0782. The molecule has 36 heavy (non-hydrogen) atoms. The Morgan fingerprint density at radius 2 is 1.69 bits per heavy atom. The highest BCUT2D eigenvalue weighted by Crippen LogP contribution is 2.23. The first-order valence-electron chi connectivity index (χ1n) is 11.8. The van der Waals surface area contributed by atoms with Crippen LogP contribution in [0.15, 0.2) is 72.8 Å². The molecule has 4 rings (SSSR count). The van der Waals surface area contributed by atoms with Crippen LogP contribution in [0.25, 0.3) is 0 Å². The number of carbonyl (C=O) groups excluding carboxylic acids is 3. The molecule has 0 bridgehead atoms. The number of likely N-dealkylation sites (tertiary alicyclic amines) is 1. The zero-order chi connectivity index (χ0) is 25.5. The number of esters is 1. The molecule has 1 heterocycles. The van der Waals surface area contributed by atoms with Gasteiger partial charge in [-0.2, -0.15) is 0 Å². The Balaban J connectivity index is 1.27. The van der Waals surface area contributed by atoms with E-state index in [9.17, 15) is 19.5 Å². The summed E-state index contributed by atoms with van der Waals surface area (Å²) in [6, 6.07) is 20.2. The number of aryl methyl sites for hydroxylation is 1. The van der Waals surface area contributed by atoms with Crippen LogP contribution in [0.5, 0.6) is 11.5 Å². The van der Waals surface area contributed by atoms with Crippen LogP contribution in [0, 0.1) is 5.92 Å². The molecule has 1 saturated heterocycles. The highest BCUT2D eigenvalue weighted by atomic mass is 35.5. The van der Waals surface area contributed by atoms with Gasteiger partial charge in [0.25, 0.3) is 5.91 Å². The summed E-state index contributed by atoms with van der Waals surface area (Å²) in [5.41, 5.74) is 2.00. The van der Waals surface area contributed by atoms with E-state index in [-0.39, 0.29) is 29.9 Å². The number of rotatable bonds is 7. The quantitative estimate of drug-likeness (QED) is 0.344. The average molecular weight is 507 g/mol. The highest BCUT2D eigenvalue weighted by Gasteiger charge is 2.28. The van der Waals surface area contributed by atoms with Crippen molar-refractivity contribution in [1.29, 1.82) is 0 Å². The summed E-state index contributed by atoms with van der Waals surface area (Å²) in [6.45, 7) is 0.923. The SMILES string of the molecule is O=C(CCc1ccc(O)cc1)Oc1cccc(C(=O)N2CCC(C(=O)Nc3cccc(Cl)c3)CC2)c1. The second-order valence-corrected chi connectivity index (χ2v) is 9.17. The molecule has 1 aliphatic rings. The third-order valence-corrected chi connectivity index (χ3v) is 6.35. The number of ether oxygens (including phenoxy) is 1. The predicted molar refractivity (Wildman–Crippen MR) is 137 cm³/mol. The van der Waals surface area contributed by atoms with E-state index in [2.05, 4.69) is 5.32 Å². The van der Waals surface area contributed by atoms with Crippen LogP contribution in [0.2, 0.25) is 5.02 Å². The zero-order valence-corrected chi connectivity index (χ0v) is 20.4. The molecule has 8 heteroatoms. The minimum Gasteiger partial charge on any atom is -0.508 e. The lowest BCUT2D eigenvalue weighted by Crippen LogP contribution is -2.41. The van der Waals surface area contributed by atoms with Gasteiger partial charge < -0.3 is 20.1 Å². The third-order valence-electron chi connectivity index (χ3n) is 6.11. The number of aromatic hydroxyl groups is 1. The molecular weight excluding hydrogens is 480 g/mol. The highest BCUT2D eigenvalue weighted by molar-refractivity contribution is 6.30. The van der Waals surface area contributed by atoms with Gasteiger partial charge in [0.2, 0.25) is 5.91 Å². The molecule has 0 aromatic heterocycles. The van der Waals surface area contributed by atoms with E-state index in [1.165, 1.54) is 0 Å². The van der Waals surface area contributed by atoms with E-state index in [1.54, 1.807) is 77.7 Å². The van der Waals surface area contributed by atoms with Gasteiger partial charge in [-0.3, -0.25) is 14.4 Å². The topological polar surface area (TPSA) is 95.9 Å². The van der Waals surface area contributed by atoms with E-state index in [1.807, 2.05) is 0 Å². The number of hydrogen-bond donors (Lipinski definition) is 2. The van der Waals surface area contributed by atoms with Crippen LogP contribution < -0.4 is 10.1 Å². The van der Waals surface area contributed by atoms with Crippen LogP contribution in [-0.2, 0) is 16.0 Å². The molecule has 186 valence electrons. The van der Waals surface area contributed by atoms with Crippen molar-refractivity contribution < 1.29 is 24.2 Å². The van der Waals surface area contributed by atoms with Crippen LogP contribution >= 0.6 is 11.6 Å². The monoisotopic (exact) mass is 506 g/mol. The fourth-order valence-corrected chi connectivity index (χ4v) is 4.31. The third kappa shape index (κ3) is 6.86. The van der Waals surface area contributed by atoms with Gasteiger partial charge in [0.15, 0.2) is 0 Å². The van der Waals surface area contributed by atoms with E-state index in [0.29, 0.717) is 54.4 Å². The number of anilines is 1. The van der Waals surface area contributed by atoms with Crippen LogP contribution in [0.1, 0.15) is 35.2 Å². The lowest BCUT2D eigenvalue weighted by molar-refractivity contribution is -0.134. The standard InChI is InChI=1S/C28H27ClN2O5/c29-22-4-2-5-23(18-22)30-27(34)20-13-15-31(16-14-20)28(35)21-3-1-6-25(17-21)36-26(33)12-9-19-7-10-24(32)11-8-19/h1-8,10-11,17-18,20,32H,9,12-16H2,(H,30,34). The molecule has 3 aromatic carbocycles. The Hall–Kier alpha value is -3.84. The molecule has 3 aromatic rings. The average Bonchev–Trinajstić information content (AvgIpc) is 2.88. The smallest absolute Gasteiger partial charge is 0.311 e. The lowest BCUT2D eigenvalue weighted by Gasteiger charge is -2.31. The van der Waals surface area contributed by atoms with Gasteiger partial charge in [-0.1, -0.05) is 35.9 Å². The van der Waals surface area contributed by atoms with Crippen LogP contribution in [0.3, 0.4) is 0 Å². The Morgan fingerprint density at radius 3 is 2.42 bits per heavy atom. The molecule has 1 fully saturated rings. The summed E-state index contributed by atoms with van der Waals surface area (Å²) in [5, 5.41) is 12.8. The maximum absolute atomic E-state index is 13.0. The normalized spacial score (nSPS) is 13.8. The predicted octanol–water partition coefficient (Wildman–Crippen LogP) is 5.07. The number of phenols is 1. The Bertz CT molecular complexity index is 1240. The molecule has 0 saturated carbocycles. The summed E-state index contributed by atoms with van der Waals surface area (Å²) in [4.78, 5) is 39.6. The van der Waals surface area contributed by atoms with E-state index in [4.69, 9.17) is 16.3 Å². The number of amides is 2. The van der Waals surface area contributed by atoms with Gasteiger partial charge in [0.1, 0.15) is 11.5 Å². The largest absolute Gasteiger partial charge is 0.508 e. The van der Waals surface area contributed by atoms with E-state index < -0.39 is 5.97 Å². The van der Waals surface area contributed by atoms with Crippen molar-refractivity contribution in [2.75, 3.05) is 18.4 Å². The van der Waals surface area contributed by atoms with Gasteiger partial charge in [0.05, 0.1) is 0 Å². The number of halogens is 1. The fraction of sp³-hybridized carbons (Fsp3) is 0.250. The number of phenolic OH excluding ortho intramolecular Hbond substituents is 1. The zero-order valence-electron chi connectivity index (χ0n) is 19.7. The van der Waals surface area contributed by atoms with E-state index >= 15 is 0 Å². The second kappa shape index (κ2) is 11.7. The molecule has 1 aliphatic heterocycles. The molecule has 0 unspecified atom stereocenters. The Morgan fingerprint density at radius 1 is 0.972 bits per heavy atom. The van der Waals surface area contributed by atoms with E-state index in [0.717, 1.165) is 5.56 Å². The molecule has 2 N–H and O–H groups in total. The van der Waals surface area contributed by atoms with Crippen molar-refractivity contribution >= 4 is 35.1 Å². The van der Waals surface area contributed by atoms with Crippen molar-refractivity contribution in [3.63, 3.8) is 0 Å². The molecular formula is C28H27ClN2O5. The molecule has 0 aliphatic carbocycles. The first-order valence-corrected chi connectivity index (χ1v) is 12.2. The number of hydrogen-bond acceptors (Lipinski definition) is 5. The first kappa shape index (κ1) is 25.3. The van der Waals surface area contributed by atoms with Crippen molar-refractivity contribution in [2.45, 2.75) is 25.7 Å². The van der Waals surface area contributed by atoms with Gasteiger partial charge in [-0.25, -0.2) is 0 Å². The van der Waals surface area contributed by atoms with Crippen molar-refractivity contribution in [3.8, 4) is 11.5 Å². The number of nitrogens with zero attached hydrogens (tertiary/aromatic N) is 1. The van der Waals surface area contributed by atoms with Crippen LogP contribution in [-0.4, -0.2) is 40.9 Å². The van der Waals surface area contributed by atoms with Gasteiger partial charge in [0, 0.05) is 41.7 Å². The number of carbonyl (C=O) groups is 3. The fourth-order valence-electron chi connectivity index (χ4n) is 4.12. The molecule has 0 atom stereocenters. The maximum Gasteiger partial charge on any atom is 0.311 e. The summed E-state index contributed by atoms with van der Waals surface area (Å²) >= 11 is 5.98. The minimum atomic E-state index is -0.404. The van der Waals surface area contributed by atoms with Crippen LogP contribution in [0.4, 0.5) is 5.69 Å². The van der Waals surface area contributed by atoms with Gasteiger partial charge in [-0.15, -0.1) is 0 Å². The van der Waals surface area contributed by atoms with Crippen molar-refractivity contribution in [2.24, 2.45) is 5.92 Å². The lowest BCUT2D eigenvalue weighted by atomic mass is 9.95. The molecule has 0 radical (unpaired) electrons. The summed E-state index contributed by atoms with van der Waals surface area (Å²) in [5.74, 6) is -0.343. The molecule has 7 nitrogen and oxygen atoms in total.